The summed E-state index contributed by atoms with van der Waals surface area (Å²) in [6.07, 6.45) is 0.840. The van der Waals surface area contributed by atoms with Gasteiger partial charge in [-0.2, -0.15) is 0 Å². The molecule has 1 unspecified atom stereocenters. The fourth-order valence-electron chi connectivity index (χ4n) is 3.14. The van der Waals surface area contributed by atoms with Crippen molar-refractivity contribution >= 4 is 17.8 Å². The summed E-state index contributed by atoms with van der Waals surface area (Å²) in [6.45, 7) is 3.07. The summed E-state index contributed by atoms with van der Waals surface area (Å²) >= 11 is 0. The van der Waals surface area contributed by atoms with Crippen molar-refractivity contribution in [3.63, 3.8) is 0 Å². The zero-order chi connectivity index (χ0) is 19.6. The van der Waals surface area contributed by atoms with E-state index >= 15 is 0 Å². The van der Waals surface area contributed by atoms with Gasteiger partial charge in [0.05, 0.1) is 5.57 Å². The predicted molar refractivity (Wildman–Crippen MR) is 96.4 cm³/mol. The highest BCUT2D eigenvalue weighted by atomic mass is 19.1. The smallest absolute Gasteiger partial charge is 0.261 e. The van der Waals surface area contributed by atoms with Crippen LogP contribution in [0.4, 0.5) is 8.78 Å². The minimum atomic E-state index is -1.23. The first-order valence-electron chi connectivity index (χ1n) is 8.47. The van der Waals surface area contributed by atoms with Gasteiger partial charge in [0, 0.05) is 12.0 Å². The number of hydrogen-bond acceptors (Lipinski definition) is 3. The molecule has 1 aliphatic heterocycles. The van der Waals surface area contributed by atoms with Gasteiger partial charge in [0.25, 0.3) is 5.91 Å². The van der Waals surface area contributed by atoms with Crippen LogP contribution in [0.25, 0.3) is 5.57 Å². The quantitative estimate of drug-likeness (QED) is 0.753. The number of carbonyl (C=O) groups excluding carboxylic acids is 2. The summed E-state index contributed by atoms with van der Waals surface area (Å²) in [7, 11) is 0. The van der Waals surface area contributed by atoms with Crippen molar-refractivity contribution in [2.45, 2.75) is 25.8 Å². The molecule has 0 radical (unpaired) electrons. The first-order valence-corrected chi connectivity index (χ1v) is 8.47. The van der Waals surface area contributed by atoms with Gasteiger partial charge in [0.1, 0.15) is 29.2 Å². The van der Waals surface area contributed by atoms with E-state index in [4.69, 9.17) is 4.74 Å². The Balaban J connectivity index is 1.96. The van der Waals surface area contributed by atoms with Gasteiger partial charge in [-0.25, -0.2) is 8.78 Å². The molecule has 27 heavy (non-hydrogen) atoms. The molecule has 0 aliphatic carbocycles. The molecule has 1 atom stereocenters. The molecule has 140 valence electrons. The molecule has 2 aromatic rings. The lowest BCUT2D eigenvalue weighted by atomic mass is 9.90. The molecule has 0 aromatic heterocycles. The minimum absolute atomic E-state index is 0.0894. The summed E-state index contributed by atoms with van der Waals surface area (Å²) in [5, 5.41) is 0. The SMILES string of the molecule is CC1=C(c2ccccc2F)C(=O)N(C(C)(C=O)Cc2ccc(F)cc2)CO1. The zero-order valence-electron chi connectivity index (χ0n) is 15.0. The monoisotopic (exact) mass is 371 g/mol. The first-order chi connectivity index (χ1) is 12.9. The van der Waals surface area contributed by atoms with E-state index < -0.39 is 17.3 Å². The molecular weight excluding hydrogens is 352 g/mol. The predicted octanol–water partition coefficient (Wildman–Crippen LogP) is 3.71. The summed E-state index contributed by atoms with van der Waals surface area (Å²) < 4.78 is 33.0. The van der Waals surface area contributed by atoms with Crippen molar-refractivity contribution in [1.29, 1.82) is 0 Å². The van der Waals surface area contributed by atoms with Crippen LogP contribution in [0, 0.1) is 11.6 Å². The Morgan fingerprint density at radius 3 is 2.44 bits per heavy atom. The third kappa shape index (κ3) is 3.60. The normalized spacial score (nSPS) is 16.7. The van der Waals surface area contributed by atoms with Crippen molar-refractivity contribution in [1.82, 2.24) is 4.90 Å². The van der Waals surface area contributed by atoms with Gasteiger partial charge in [-0.3, -0.25) is 9.69 Å². The third-order valence-electron chi connectivity index (χ3n) is 4.71. The topological polar surface area (TPSA) is 46.6 Å². The van der Waals surface area contributed by atoms with Gasteiger partial charge in [-0.1, -0.05) is 30.3 Å². The Labute approximate surface area is 156 Å². The summed E-state index contributed by atoms with van der Waals surface area (Å²) in [6, 6.07) is 11.6. The largest absolute Gasteiger partial charge is 0.477 e. The highest BCUT2D eigenvalue weighted by Crippen LogP contribution is 2.32. The number of nitrogens with zero attached hydrogens (tertiary/aromatic N) is 1. The van der Waals surface area contributed by atoms with Crippen molar-refractivity contribution in [2.24, 2.45) is 0 Å². The van der Waals surface area contributed by atoms with Gasteiger partial charge in [-0.15, -0.1) is 0 Å². The van der Waals surface area contributed by atoms with Crippen LogP contribution in [-0.2, 0) is 20.7 Å². The number of halogens is 2. The van der Waals surface area contributed by atoms with Gasteiger partial charge in [0.2, 0.25) is 0 Å². The third-order valence-corrected chi connectivity index (χ3v) is 4.71. The maximum Gasteiger partial charge on any atom is 0.261 e. The molecule has 4 nitrogen and oxygen atoms in total. The van der Waals surface area contributed by atoms with Crippen LogP contribution in [0.3, 0.4) is 0 Å². The van der Waals surface area contributed by atoms with Gasteiger partial charge >= 0.3 is 0 Å². The molecule has 1 amide bonds. The molecule has 0 bridgehead atoms. The van der Waals surface area contributed by atoms with E-state index in [2.05, 4.69) is 0 Å². The van der Waals surface area contributed by atoms with Gasteiger partial charge in [0.15, 0.2) is 6.73 Å². The van der Waals surface area contributed by atoms with Gasteiger partial charge in [-0.05, 0) is 37.6 Å². The Morgan fingerprint density at radius 1 is 1.15 bits per heavy atom. The first kappa shape index (κ1) is 18.8. The lowest BCUT2D eigenvalue weighted by molar-refractivity contribution is -0.144. The number of hydrogen-bond donors (Lipinski definition) is 0. The highest BCUT2D eigenvalue weighted by molar-refractivity contribution is 6.21. The van der Waals surface area contributed by atoms with Crippen LogP contribution in [0.15, 0.2) is 54.3 Å². The standard InChI is InChI=1S/C21H19F2NO3/c1-14-19(17-5-3-4-6-18(17)23)20(26)24(13-27-14)21(2,12-25)11-15-7-9-16(22)10-8-15/h3-10,12H,11,13H2,1-2H3. The Hall–Kier alpha value is -3.02. The molecule has 0 saturated carbocycles. The summed E-state index contributed by atoms with van der Waals surface area (Å²) in [5.74, 6) is -1.11. The maximum atomic E-state index is 14.2. The van der Waals surface area contributed by atoms with Crippen molar-refractivity contribution in [2.75, 3.05) is 6.73 Å². The Morgan fingerprint density at radius 2 is 1.81 bits per heavy atom. The molecule has 1 heterocycles. The van der Waals surface area contributed by atoms with E-state index in [0.717, 1.165) is 0 Å². The van der Waals surface area contributed by atoms with Crippen molar-refractivity contribution in [3.05, 3.63) is 77.1 Å². The second-order valence-electron chi connectivity index (χ2n) is 6.70. The van der Waals surface area contributed by atoms with Crippen LogP contribution in [0.1, 0.15) is 25.0 Å². The van der Waals surface area contributed by atoms with Crippen LogP contribution in [0.5, 0.6) is 0 Å². The summed E-state index contributed by atoms with van der Waals surface area (Å²) in [4.78, 5) is 26.3. The zero-order valence-corrected chi connectivity index (χ0v) is 15.0. The average molecular weight is 371 g/mol. The van der Waals surface area contributed by atoms with Crippen LogP contribution < -0.4 is 0 Å². The molecule has 0 fully saturated rings. The van der Waals surface area contributed by atoms with Crippen molar-refractivity contribution in [3.8, 4) is 0 Å². The molecule has 6 heteroatoms. The maximum absolute atomic E-state index is 14.2. The number of aldehydes is 1. The van der Waals surface area contributed by atoms with E-state index in [1.807, 2.05) is 0 Å². The fraction of sp³-hybridized carbons (Fsp3) is 0.238. The number of allylic oxidation sites excluding steroid dienone is 1. The van der Waals surface area contributed by atoms with E-state index in [9.17, 15) is 18.4 Å². The second kappa shape index (κ2) is 7.31. The van der Waals surface area contributed by atoms with Crippen molar-refractivity contribution < 1.29 is 23.1 Å². The molecule has 0 spiro atoms. The molecular formula is C21H19F2NO3. The molecule has 3 rings (SSSR count). The number of benzene rings is 2. The number of amides is 1. The molecule has 1 aliphatic rings. The number of ether oxygens (including phenoxy) is 1. The number of rotatable bonds is 5. The lowest BCUT2D eigenvalue weighted by Gasteiger charge is -2.40. The molecule has 2 aromatic carbocycles. The fourth-order valence-corrected chi connectivity index (χ4v) is 3.14. The van der Waals surface area contributed by atoms with E-state index in [0.29, 0.717) is 17.6 Å². The van der Waals surface area contributed by atoms with E-state index in [1.54, 1.807) is 32.0 Å². The second-order valence-corrected chi connectivity index (χ2v) is 6.70. The molecule has 0 saturated heterocycles. The lowest BCUT2D eigenvalue weighted by Crippen LogP contribution is -2.55. The van der Waals surface area contributed by atoms with E-state index in [-0.39, 0.29) is 30.1 Å². The van der Waals surface area contributed by atoms with Crippen LogP contribution in [0.2, 0.25) is 0 Å². The highest BCUT2D eigenvalue weighted by Gasteiger charge is 2.41. The van der Waals surface area contributed by atoms with Crippen LogP contribution in [-0.4, -0.2) is 29.4 Å². The summed E-state index contributed by atoms with van der Waals surface area (Å²) in [5.41, 5.74) is -0.324. The average Bonchev–Trinajstić information content (AvgIpc) is 2.65. The Kier molecular flexibility index (Phi) is 5.08. The molecule has 0 N–H and O–H groups in total. The van der Waals surface area contributed by atoms with Crippen LogP contribution >= 0.6 is 0 Å². The minimum Gasteiger partial charge on any atom is -0.477 e. The Bertz CT molecular complexity index is 908. The van der Waals surface area contributed by atoms with Gasteiger partial charge < -0.3 is 9.53 Å². The number of carbonyl (C=O) groups is 2. The van der Waals surface area contributed by atoms with E-state index in [1.165, 1.54) is 35.2 Å².